The average molecular weight is 411 g/mol. The van der Waals surface area contributed by atoms with Crippen molar-refractivity contribution in [3.63, 3.8) is 0 Å². The second kappa shape index (κ2) is 8.51. The van der Waals surface area contributed by atoms with Crippen molar-refractivity contribution in [3.8, 4) is 0 Å². The SMILES string of the molecule is CN(C)S(=O)(=O)c1cc(C(=O)N[C@@H](Cc2ccccc2)C(=O)O)ccc1Cl. The fourth-order valence-corrected chi connectivity index (χ4v) is 3.72. The van der Waals surface area contributed by atoms with Gasteiger partial charge in [-0.05, 0) is 23.8 Å². The van der Waals surface area contributed by atoms with E-state index in [0.717, 1.165) is 15.9 Å². The fraction of sp³-hybridized carbons (Fsp3) is 0.222. The number of benzene rings is 2. The Morgan fingerprint density at radius 1 is 1.15 bits per heavy atom. The molecule has 1 atom stereocenters. The minimum Gasteiger partial charge on any atom is -0.480 e. The molecule has 2 N–H and O–H groups in total. The highest BCUT2D eigenvalue weighted by molar-refractivity contribution is 7.89. The summed E-state index contributed by atoms with van der Waals surface area (Å²) in [5, 5.41) is 11.8. The summed E-state index contributed by atoms with van der Waals surface area (Å²) in [6.07, 6.45) is 0.0956. The molecule has 1 amide bonds. The van der Waals surface area contributed by atoms with Crippen LogP contribution in [0.4, 0.5) is 0 Å². The van der Waals surface area contributed by atoms with E-state index in [-0.39, 0.29) is 21.9 Å². The first-order chi connectivity index (χ1) is 12.6. The Kier molecular flexibility index (Phi) is 6.59. The first-order valence-electron chi connectivity index (χ1n) is 7.92. The number of halogens is 1. The number of hydrogen-bond acceptors (Lipinski definition) is 4. The molecule has 2 rings (SSSR count). The molecule has 7 nitrogen and oxygen atoms in total. The summed E-state index contributed by atoms with van der Waals surface area (Å²) in [6, 6.07) is 11.5. The van der Waals surface area contributed by atoms with Crippen molar-refractivity contribution in [2.24, 2.45) is 0 Å². The van der Waals surface area contributed by atoms with Crippen LogP contribution in [0.2, 0.25) is 5.02 Å². The maximum atomic E-state index is 12.5. The standard InChI is InChI=1S/C18H19ClN2O5S/c1-21(2)27(25,26)16-11-13(8-9-14(16)19)17(22)20-15(18(23)24)10-12-6-4-3-5-7-12/h3-9,11,15H,10H2,1-2H3,(H,20,22)(H,23,24)/t15-/m0/s1. The van der Waals surface area contributed by atoms with E-state index in [4.69, 9.17) is 11.6 Å². The maximum absolute atomic E-state index is 12.5. The zero-order chi connectivity index (χ0) is 20.2. The summed E-state index contributed by atoms with van der Waals surface area (Å²) >= 11 is 5.96. The largest absolute Gasteiger partial charge is 0.480 e. The molecule has 2 aromatic rings. The quantitative estimate of drug-likeness (QED) is 0.726. The zero-order valence-corrected chi connectivity index (χ0v) is 16.3. The van der Waals surface area contributed by atoms with Crippen LogP contribution in [0.5, 0.6) is 0 Å². The number of nitrogens with zero attached hydrogens (tertiary/aromatic N) is 1. The van der Waals surface area contributed by atoms with Crippen LogP contribution in [0.3, 0.4) is 0 Å². The summed E-state index contributed by atoms with van der Waals surface area (Å²) in [4.78, 5) is 23.8. The smallest absolute Gasteiger partial charge is 0.326 e. The van der Waals surface area contributed by atoms with E-state index in [2.05, 4.69) is 5.32 Å². The van der Waals surface area contributed by atoms with Crippen molar-refractivity contribution in [1.82, 2.24) is 9.62 Å². The molecule has 0 saturated carbocycles. The first kappa shape index (κ1) is 20.9. The van der Waals surface area contributed by atoms with Gasteiger partial charge in [0.05, 0.1) is 5.02 Å². The van der Waals surface area contributed by atoms with Crippen molar-refractivity contribution < 1.29 is 23.1 Å². The Morgan fingerprint density at radius 3 is 2.33 bits per heavy atom. The van der Waals surface area contributed by atoms with Gasteiger partial charge in [-0.3, -0.25) is 4.79 Å². The lowest BCUT2D eigenvalue weighted by molar-refractivity contribution is -0.139. The van der Waals surface area contributed by atoms with Gasteiger partial charge in [0.2, 0.25) is 10.0 Å². The monoisotopic (exact) mass is 410 g/mol. The summed E-state index contributed by atoms with van der Waals surface area (Å²) in [6.45, 7) is 0. The number of carboxylic acids is 1. The molecule has 144 valence electrons. The highest BCUT2D eigenvalue weighted by Gasteiger charge is 2.25. The van der Waals surface area contributed by atoms with Crippen molar-refractivity contribution in [3.05, 3.63) is 64.7 Å². The van der Waals surface area contributed by atoms with Crippen LogP contribution in [0, 0.1) is 0 Å². The Morgan fingerprint density at radius 2 is 1.78 bits per heavy atom. The van der Waals surface area contributed by atoms with Gasteiger partial charge in [-0.2, -0.15) is 0 Å². The minimum atomic E-state index is -3.85. The minimum absolute atomic E-state index is 0.000799. The molecule has 0 radical (unpaired) electrons. The van der Waals surface area contributed by atoms with Crippen LogP contribution in [0.25, 0.3) is 0 Å². The molecule has 0 fully saturated rings. The van der Waals surface area contributed by atoms with Gasteiger partial charge in [-0.1, -0.05) is 41.9 Å². The molecule has 9 heteroatoms. The van der Waals surface area contributed by atoms with E-state index in [1.54, 1.807) is 30.3 Å². The van der Waals surface area contributed by atoms with Gasteiger partial charge < -0.3 is 10.4 Å². The van der Waals surface area contributed by atoms with Crippen LogP contribution >= 0.6 is 11.6 Å². The first-order valence-corrected chi connectivity index (χ1v) is 9.74. The molecule has 0 saturated heterocycles. The third-order valence-corrected chi connectivity index (χ3v) is 6.13. The molecule has 0 aromatic heterocycles. The van der Waals surface area contributed by atoms with E-state index >= 15 is 0 Å². The van der Waals surface area contributed by atoms with Gasteiger partial charge in [-0.25, -0.2) is 17.5 Å². The van der Waals surface area contributed by atoms with Gasteiger partial charge in [0.1, 0.15) is 10.9 Å². The van der Waals surface area contributed by atoms with E-state index < -0.39 is 27.9 Å². The third-order valence-electron chi connectivity index (χ3n) is 3.84. The Hall–Kier alpha value is -2.42. The number of carbonyl (C=O) groups is 2. The Bertz CT molecular complexity index is 945. The van der Waals surface area contributed by atoms with Crippen LogP contribution in [-0.2, 0) is 21.2 Å². The van der Waals surface area contributed by atoms with Crippen molar-refractivity contribution in [2.45, 2.75) is 17.4 Å². The third kappa shape index (κ3) is 5.06. The number of carbonyl (C=O) groups excluding carboxylic acids is 1. The topological polar surface area (TPSA) is 104 Å². The lowest BCUT2D eigenvalue weighted by atomic mass is 10.1. The Balaban J connectivity index is 2.27. The Labute approximate surface area is 162 Å². The van der Waals surface area contributed by atoms with Crippen molar-refractivity contribution in [1.29, 1.82) is 0 Å². The predicted molar refractivity (Wildman–Crippen MR) is 101 cm³/mol. The van der Waals surface area contributed by atoms with E-state index in [0.29, 0.717) is 0 Å². The second-order valence-corrected chi connectivity index (χ2v) is 8.51. The van der Waals surface area contributed by atoms with E-state index in [9.17, 15) is 23.1 Å². The molecule has 0 unspecified atom stereocenters. The number of hydrogen-bond donors (Lipinski definition) is 2. The fourth-order valence-electron chi connectivity index (χ4n) is 2.33. The van der Waals surface area contributed by atoms with Gasteiger partial charge in [-0.15, -0.1) is 0 Å². The number of aliphatic carboxylic acids is 1. The van der Waals surface area contributed by atoms with Gasteiger partial charge in [0, 0.05) is 26.1 Å². The van der Waals surface area contributed by atoms with E-state index in [1.165, 1.54) is 26.2 Å². The normalized spacial score (nSPS) is 12.6. The molecule has 0 aliphatic heterocycles. The average Bonchev–Trinajstić information content (AvgIpc) is 2.61. The number of sulfonamides is 1. The highest BCUT2D eigenvalue weighted by atomic mass is 35.5. The lowest BCUT2D eigenvalue weighted by Gasteiger charge is -2.16. The van der Waals surface area contributed by atoms with Crippen LogP contribution < -0.4 is 5.32 Å². The molecular weight excluding hydrogens is 392 g/mol. The summed E-state index contributed by atoms with van der Waals surface area (Å²) in [5.74, 6) is -1.90. The molecule has 0 aliphatic rings. The number of amides is 1. The lowest BCUT2D eigenvalue weighted by Crippen LogP contribution is -2.42. The summed E-state index contributed by atoms with van der Waals surface area (Å²) in [7, 11) is -1.16. The predicted octanol–water partition coefficient (Wildman–Crippen LogP) is 2.02. The van der Waals surface area contributed by atoms with Gasteiger partial charge in [0.25, 0.3) is 5.91 Å². The number of rotatable bonds is 7. The number of carboxylic acid groups (broad SMARTS) is 1. The summed E-state index contributed by atoms with van der Waals surface area (Å²) < 4.78 is 25.6. The van der Waals surface area contributed by atoms with Gasteiger partial charge in [0.15, 0.2) is 0 Å². The van der Waals surface area contributed by atoms with E-state index in [1.807, 2.05) is 0 Å². The van der Waals surface area contributed by atoms with Crippen molar-refractivity contribution in [2.75, 3.05) is 14.1 Å². The maximum Gasteiger partial charge on any atom is 0.326 e. The zero-order valence-electron chi connectivity index (χ0n) is 14.7. The highest BCUT2D eigenvalue weighted by Crippen LogP contribution is 2.24. The van der Waals surface area contributed by atoms with Crippen LogP contribution in [-0.4, -0.2) is 49.8 Å². The molecule has 27 heavy (non-hydrogen) atoms. The molecule has 0 spiro atoms. The van der Waals surface area contributed by atoms with Crippen LogP contribution in [0.15, 0.2) is 53.4 Å². The molecule has 0 aliphatic carbocycles. The number of nitrogens with one attached hydrogen (secondary N) is 1. The molecular formula is C18H19ClN2O5S. The second-order valence-electron chi connectivity index (χ2n) is 5.99. The van der Waals surface area contributed by atoms with Gasteiger partial charge >= 0.3 is 5.97 Å². The van der Waals surface area contributed by atoms with Crippen LogP contribution in [0.1, 0.15) is 15.9 Å². The molecule has 2 aromatic carbocycles. The summed E-state index contributed by atoms with van der Waals surface area (Å²) in [5.41, 5.74) is 0.747. The van der Waals surface area contributed by atoms with Crippen molar-refractivity contribution >= 4 is 33.5 Å². The molecule has 0 bridgehead atoms. The molecule has 0 heterocycles.